The lowest BCUT2D eigenvalue weighted by Gasteiger charge is -2.32. The molecule has 2 fully saturated rings. The highest BCUT2D eigenvalue weighted by molar-refractivity contribution is 8.01. The highest BCUT2D eigenvalue weighted by Gasteiger charge is 2.50. The molecule has 2 saturated heterocycles. The standard InChI is InChI=1S/C16H19N3O5S/c1-16(2)11(15(23)24)19-14(25-16)10-13(22)17-9(12(21)18-10)7-3-5-8(20)6-4-7/h3-6,9-11,14,19-20H,1-2H3,(H,17,22)(H,18,21)(H,23,24)/t9?,10-,11?,14+/m1/s1. The van der Waals surface area contributed by atoms with Gasteiger partial charge in [-0.1, -0.05) is 12.1 Å². The zero-order valence-corrected chi connectivity index (χ0v) is 14.5. The second-order valence-electron chi connectivity index (χ2n) is 6.60. The maximum atomic E-state index is 12.5. The fraction of sp³-hybridized carbons (Fsp3) is 0.438. The minimum atomic E-state index is -0.996. The van der Waals surface area contributed by atoms with Gasteiger partial charge in [0.25, 0.3) is 0 Å². The van der Waals surface area contributed by atoms with Gasteiger partial charge in [-0.15, -0.1) is 11.8 Å². The molecule has 0 saturated carbocycles. The van der Waals surface area contributed by atoms with E-state index in [-0.39, 0.29) is 17.6 Å². The summed E-state index contributed by atoms with van der Waals surface area (Å²) in [5, 5.41) is 26.4. The lowest BCUT2D eigenvalue weighted by atomic mass is 10.0. The molecule has 0 bridgehead atoms. The van der Waals surface area contributed by atoms with Crippen LogP contribution in [0.1, 0.15) is 25.5 Å². The van der Waals surface area contributed by atoms with Crippen molar-refractivity contribution in [2.24, 2.45) is 0 Å². The van der Waals surface area contributed by atoms with Crippen molar-refractivity contribution in [2.45, 2.75) is 42.1 Å². The number of rotatable bonds is 3. The van der Waals surface area contributed by atoms with Gasteiger partial charge < -0.3 is 20.8 Å². The Kier molecular flexibility index (Phi) is 4.38. The number of phenols is 1. The Hall–Kier alpha value is -2.26. The SMILES string of the molecule is CC1(C)S[C@@H]([C@@H]2NC(=O)C(c3ccc(O)cc3)NC2=O)NC1C(=O)O. The average Bonchev–Trinajstić information content (AvgIpc) is 2.85. The highest BCUT2D eigenvalue weighted by atomic mass is 32.2. The van der Waals surface area contributed by atoms with Crippen LogP contribution in [0.2, 0.25) is 0 Å². The third kappa shape index (κ3) is 3.29. The van der Waals surface area contributed by atoms with E-state index in [1.807, 2.05) is 0 Å². The first kappa shape index (κ1) is 17.6. The number of piperazine rings is 1. The number of aromatic hydroxyl groups is 1. The van der Waals surface area contributed by atoms with E-state index in [2.05, 4.69) is 16.0 Å². The molecule has 4 atom stereocenters. The van der Waals surface area contributed by atoms with Crippen molar-refractivity contribution in [3.05, 3.63) is 29.8 Å². The molecule has 2 amide bonds. The molecule has 1 aromatic carbocycles. The van der Waals surface area contributed by atoms with Gasteiger partial charge in [0.1, 0.15) is 23.9 Å². The van der Waals surface area contributed by atoms with Crippen LogP contribution in [0.4, 0.5) is 0 Å². The van der Waals surface area contributed by atoms with E-state index in [9.17, 15) is 24.6 Å². The van der Waals surface area contributed by atoms with E-state index >= 15 is 0 Å². The van der Waals surface area contributed by atoms with Crippen molar-refractivity contribution in [1.29, 1.82) is 0 Å². The molecule has 134 valence electrons. The van der Waals surface area contributed by atoms with Crippen LogP contribution in [0.15, 0.2) is 24.3 Å². The van der Waals surface area contributed by atoms with Crippen LogP contribution in [0.5, 0.6) is 5.75 Å². The van der Waals surface area contributed by atoms with Gasteiger partial charge in [-0.3, -0.25) is 19.7 Å². The summed E-state index contributed by atoms with van der Waals surface area (Å²) in [6.07, 6.45) is 0. The number of phenolic OH excluding ortho intramolecular Hbond substituents is 1. The Morgan fingerprint density at radius 1 is 1.12 bits per heavy atom. The first-order valence-corrected chi connectivity index (χ1v) is 8.63. The number of carbonyl (C=O) groups excluding carboxylic acids is 2. The monoisotopic (exact) mass is 365 g/mol. The predicted molar refractivity (Wildman–Crippen MR) is 90.9 cm³/mol. The molecule has 9 heteroatoms. The van der Waals surface area contributed by atoms with Crippen molar-refractivity contribution in [1.82, 2.24) is 16.0 Å². The summed E-state index contributed by atoms with van der Waals surface area (Å²) >= 11 is 1.32. The van der Waals surface area contributed by atoms with Gasteiger partial charge >= 0.3 is 5.97 Å². The number of benzene rings is 1. The molecule has 2 aliphatic heterocycles. The molecule has 3 rings (SSSR count). The molecule has 5 N–H and O–H groups in total. The van der Waals surface area contributed by atoms with E-state index in [1.54, 1.807) is 26.0 Å². The zero-order chi connectivity index (χ0) is 18.4. The summed E-state index contributed by atoms with van der Waals surface area (Å²) in [6, 6.07) is 3.47. The Labute approximate surface area is 148 Å². The van der Waals surface area contributed by atoms with Crippen molar-refractivity contribution >= 4 is 29.5 Å². The molecule has 1 aromatic rings. The molecule has 2 heterocycles. The van der Waals surface area contributed by atoms with Crippen LogP contribution in [0.3, 0.4) is 0 Å². The number of aliphatic carboxylic acids is 1. The van der Waals surface area contributed by atoms with Gasteiger partial charge in [-0.25, -0.2) is 0 Å². The molecular formula is C16H19N3O5S. The second-order valence-corrected chi connectivity index (χ2v) is 8.39. The molecule has 8 nitrogen and oxygen atoms in total. The van der Waals surface area contributed by atoms with Crippen molar-refractivity contribution < 1.29 is 24.6 Å². The fourth-order valence-corrected chi connectivity index (χ4v) is 4.53. The Morgan fingerprint density at radius 3 is 2.32 bits per heavy atom. The number of hydrogen-bond acceptors (Lipinski definition) is 6. The van der Waals surface area contributed by atoms with Gasteiger partial charge in [0.2, 0.25) is 11.8 Å². The van der Waals surface area contributed by atoms with Gasteiger partial charge in [-0.2, -0.15) is 0 Å². The quantitative estimate of drug-likeness (QED) is 0.508. The van der Waals surface area contributed by atoms with E-state index < -0.39 is 34.2 Å². The van der Waals surface area contributed by atoms with E-state index in [4.69, 9.17) is 0 Å². The third-order valence-electron chi connectivity index (χ3n) is 4.36. The zero-order valence-electron chi connectivity index (χ0n) is 13.6. The first-order chi connectivity index (χ1) is 11.7. The van der Waals surface area contributed by atoms with Gasteiger partial charge in [0.15, 0.2) is 0 Å². The third-order valence-corrected chi connectivity index (χ3v) is 5.87. The van der Waals surface area contributed by atoms with Gasteiger partial charge in [-0.05, 0) is 31.5 Å². The largest absolute Gasteiger partial charge is 0.508 e. The topological polar surface area (TPSA) is 128 Å². The summed E-state index contributed by atoms with van der Waals surface area (Å²) in [7, 11) is 0. The number of hydrogen-bond donors (Lipinski definition) is 5. The molecule has 2 aliphatic rings. The molecule has 0 aliphatic carbocycles. The minimum absolute atomic E-state index is 0.0673. The average molecular weight is 365 g/mol. The number of carbonyl (C=O) groups is 3. The summed E-state index contributed by atoms with van der Waals surface area (Å²) < 4.78 is -0.616. The fourth-order valence-electron chi connectivity index (χ4n) is 3.04. The number of thioether (sulfide) groups is 1. The van der Waals surface area contributed by atoms with Crippen LogP contribution < -0.4 is 16.0 Å². The van der Waals surface area contributed by atoms with Crippen LogP contribution in [0, 0.1) is 0 Å². The molecule has 0 aromatic heterocycles. The van der Waals surface area contributed by atoms with Crippen LogP contribution >= 0.6 is 11.8 Å². The molecule has 2 unspecified atom stereocenters. The van der Waals surface area contributed by atoms with Crippen molar-refractivity contribution in [3.8, 4) is 5.75 Å². The minimum Gasteiger partial charge on any atom is -0.508 e. The Balaban J connectivity index is 1.75. The molecule has 25 heavy (non-hydrogen) atoms. The summed E-state index contributed by atoms with van der Waals surface area (Å²) in [4.78, 5) is 36.3. The smallest absolute Gasteiger partial charge is 0.322 e. The number of carboxylic acid groups (broad SMARTS) is 1. The van der Waals surface area contributed by atoms with Gasteiger partial charge in [0, 0.05) is 4.75 Å². The predicted octanol–water partition coefficient (Wildman–Crippen LogP) is -0.0578. The molecular weight excluding hydrogens is 346 g/mol. The van der Waals surface area contributed by atoms with Crippen LogP contribution in [-0.2, 0) is 14.4 Å². The van der Waals surface area contributed by atoms with E-state index in [1.165, 1.54) is 23.9 Å². The maximum absolute atomic E-state index is 12.5. The van der Waals surface area contributed by atoms with Gasteiger partial charge in [0.05, 0.1) is 5.37 Å². The molecule has 0 spiro atoms. The van der Waals surface area contributed by atoms with Crippen molar-refractivity contribution in [2.75, 3.05) is 0 Å². The summed E-state index contributed by atoms with van der Waals surface area (Å²) in [6.45, 7) is 3.57. The Bertz CT molecular complexity index is 721. The Morgan fingerprint density at radius 2 is 1.76 bits per heavy atom. The lowest BCUT2D eigenvalue weighted by Crippen LogP contribution is -2.63. The molecule has 0 radical (unpaired) electrons. The van der Waals surface area contributed by atoms with Crippen LogP contribution in [0.25, 0.3) is 0 Å². The van der Waals surface area contributed by atoms with E-state index in [0.29, 0.717) is 5.56 Å². The summed E-state index contributed by atoms with van der Waals surface area (Å²) in [5.41, 5.74) is 0.554. The second kappa shape index (κ2) is 6.23. The maximum Gasteiger partial charge on any atom is 0.322 e. The highest BCUT2D eigenvalue weighted by Crippen LogP contribution is 2.39. The number of carboxylic acids is 1. The normalized spacial score (nSPS) is 31.3. The number of amides is 2. The summed E-state index contributed by atoms with van der Waals surface area (Å²) in [5.74, 6) is -1.69. The van der Waals surface area contributed by atoms with E-state index in [0.717, 1.165) is 0 Å². The first-order valence-electron chi connectivity index (χ1n) is 7.75. The number of nitrogens with one attached hydrogen (secondary N) is 3. The van der Waals surface area contributed by atoms with Crippen molar-refractivity contribution in [3.63, 3.8) is 0 Å². The van der Waals surface area contributed by atoms with Crippen LogP contribution in [-0.4, -0.2) is 50.2 Å². The lowest BCUT2D eigenvalue weighted by molar-refractivity contribution is -0.140.